The molecule has 0 aliphatic heterocycles. The summed E-state index contributed by atoms with van der Waals surface area (Å²) in [5, 5.41) is 5.73. The second-order valence-corrected chi connectivity index (χ2v) is 5.90. The van der Waals surface area contributed by atoms with Crippen molar-refractivity contribution in [1.82, 2.24) is 10.3 Å². The van der Waals surface area contributed by atoms with Gasteiger partial charge in [-0.3, -0.25) is 4.79 Å². The predicted octanol–water partition coefficient (Wildman–Crippen LogP) is 4.39. The van der Waals surface area contributed by atoms with Gasteiger partial charge in [0.15, 0.2) is 0 Å². The number of halogens is 4. The van der Waals surface area contributed by atoms with Gasteiger partial charge in [0.05, 0.1) is 28.2 Å². The van der Waals surface area contributed by atoms with Crippen LogP contribution in [0.15, 0.2) is 36.5 Å². The van der Waals surface area contributed by atoms with Crippen LogP contribution in [0.5, 0.6) is 0 Å². The van der Waals surface area contributed by atoms with Gasteiger partial charge in [-0.05, 0) is 43.2 Å². The number of nitrogens with one attached hydrogen (secondary N) is 2. The number of pyridine rings is 1. The van der Waals surface area contributed by atoms with E-state index in [4.69, 9.17) is 11.6 Å². The number of carbonyl (C=O) groups excluding carboxylic acids is 1. The Morgan fingerprint density at radius 1 is 1.21 bits per heavy atom. The monoisotopic (exact) mass is 355 g/mol. The third kappa shape index (κ3) is 3.97. The summed E-state index contributed by atoms with van der Waals surface area (Å²) in [4.78, 5) is 15.9. The average molecular weight is 356 g/mol. The van der Waals surface area contributed by atoms with Crippen molar-refractivity contribution in [3.05, 3.63) is 52.8 Å². The van der Waals surface area contributed by atoms with Gasteiger partial charge in [-0.15, -0.1) is 0 Å². The Morgan fingerprint density at radius 3 is 2.54 bits per heavy atom. The van der Waals surface area contributed by atoms with E-state index in [1.807, 2.05) is 0 Å². The molecule has 126 valence electrons. The molecule has 1 aromatic heterocycles. The van der Waals surface area contributed by atoms with Crippen molar-refractivity contribution in [1.29, 1.82) is 0 Å². The molecule has 1 amide bonds. The van der Waals surface area contributed by atoms with E-state index in [0.717, 1.165) is 25.0 Å². The summed E-state index contributed by atoms with van der Waals surface area (Å²) in [7, 11) is 0. The lowest BCUT2D eigenvalue weighted by atomic mass is 10.2. The molecule has 4 nitrogen and oxygen atoms in total. The minimum absolute atomic E-state index is 0.114. The first-order valence-corrected chi connectivity index (χ1v) is 7.61. The molecule has 0 saturated heterocycles. The van der Waals surface area contributed by atoms with Crippen molar-refractivity contribution >= 4 is 28.9 Å². The Kier molecular flexibility index (Phi) is 4.36. The van der Waals surface area contributed by atoms with Crippen LogP contribution in [-0.4, -0.2) is 16.9 Å². The highest BCUT2D eigenvalue weighted by atomic mass is 35.5. The SMILES string of the molecule is O=C(NC1CC1)c1ccc(Nc2cc(C(F)(F)F)ccc2Cl)cn1. The number of anilines is 2. The van der Waals surface area contributed by atoms with E-state index in [9.17, 15) is 18.0 Å². The number of amides is 1. The maximum Gasteiger partial charge on any atom is 0.416 e. The van der Waals surface area contributed by atoms with Crippen LogP contribution in [0, 0.1) is 0 Å². The molecular weight excluding hydrogens is 343 g/mol. The fraction of sp³-hybridized carbons (Fsp3) is 0.250. The highest BCUT2D eigenvalue weighted by Crippen LogP contribution is 2.34. The number of nitrogens with zero attached hydrogens (tertiary/aromatic N) is 1. The Hall–Kier alpha value is -2.28. The molecule has 0 bridgehead atoms. The second-order valence-electron chi connectivity index (χ2n) is 5.50. The number of hydrogen-bond donors (Lipinski definition) is 2. The van der Waals surface area contributed by atoms with E-state index >= 15 is 0 Å². The summed E-state index contributed by atoms with van der Waals surface area (Å²) in [6.45, 7) is 0. The number of aromatic nitrogens is 1. The smallest absolute Gasteiger partial charge is 0.353 e. The van der Waals surface area contributed by atoms with E-state index in [1.54, 1.807) is 6.07 Å². The zero-order valence-corrected chi connectivity index (χ0v) is 13.1. The van der Waals surface area contributed by atoms with Crippen LogP contribution in [0.1, 0.15) is 28.9 Å². The first kappa shape index (κ1) is 16.6. The Labute approximate surface area is 141 Å². The van der Waals surface area contributed by atoms with Crippen molar-refractivity contribution in [2.24, 2.45) is 0 Å². The molecule has 2 aromatic rings. The molecule has 0 spiro atoms. The lowest BCUT2D eigenvalue weighted by Gasteiger charge is -2.12. The molecular formula is C16H13ClF3N3O. The van der Waals surface area contributed by atoms with Gasteiger partial charge in [0, 0.05) is 6.04 Å². The molecule has 3 rings (SSSR count). The molecule has 0 radical (unpaired) electrons. The van der Waals surface area contributed by atoms with Gasteiger partial charge in [-0.25, -0.2) is 4.98 Å². The summed E-state index contributed by atoms with van der Waals surface area (Å²) in [6, 6.07) is 6.30. The van der Waals surface area contributed by atoms with E-state index in [2.05, 4.69) is 15.6 Å². The van der Waals surface area contributed by atoms with Gasteiger partial charge in [-0.1, -0.05) is 11.6 Å². The van der Waals surface area contributed by atoms with Crippen LogP contribution in [0.4, 0.5) is 24.5 Å². The van der Waals surface area contributed by atoms with Crippen LogP contribution in [0.25, 0.3) is 0 Å². The molecule has 1 saturated carbocycles. The Morgan fingerprint density at radius 2 is 1.96 bits per heavy atom. The summed E-state index contributed by atoms with van der Waals surface area (Å²) < 4.78 is 38.3. The fourth-order valence-electron chi connectivity index (χ4n) is 2.04. The van der Waals surface area contributed by atoms with E-state index < -0.39 is 11.7 Å². The highest BCUT2D eigenvalue weighted by molar-refractivity contribution is 6.33. The molecule has 0 unspecified atom stereocenters. The fourth-order valence-corrected chi connectivity index (χ4v) is 2.21. The van der Waals surface area contributed by atoms with Gasteiger partial charge in [0.2, 0.25) is 0 Å². The van der Waals surface area contributed by atoms with Crippen LogP contribution >= 0.6 is 11.6 Å². The quantitative estimate of drug-likeness (QED) is 0.855. The van der Waals surface area contributed by atoms with E-state index in [1.165, 1.54) is 18.3 Å². The lowest BCUT2D eigenvalue weighted by Crippen LogP contribution is -2.26. The first-order chi connectivity index (χ1) is 11.3. The number of alkyl halides is 3. The molecule has 8 heteroatoms. The molecule has 24 heavy (non-hydrogen) atoms. The zero-order chi connectivity index (χ0) is 17.3. The number of carbonyl (C=O) groups is 1. The van der Waals surface area contributed by atoms with Gasteiger partial charge in [0.1, 0.15) is 5.69 Å². The van der Waals surface area contributed by atoms with Crippen molar-refractivity contribution < 1.29 is 18.0 Å². The largest absolute Gasteiger partial charge is 0.416 e. The van der Waals surface area contributed by atoms with Crippen molar-refractivity contribution in [2.45, 2.75) is 25.1 Å². The minimum atomic E-state index is -4.45. The normalized spacial score (nSPS) is 14.3. The summed E-state index contributed by atoms with van der Waals surface area (Å²) in [5.41, 5.74) is -0.00644. The maximum atomic E-state index is 12.8. The average Bonchev–Trinajstić information content (AvgIpc) is 3.33. The third-order valence-electron chi connectivity index (χ3n) is 3.48. The highest BCUT2D eigenvalue weighted by Gasteiger charge is 2.31. The van der Waals surface area contributed by atoms with Crippen LogP contribution in [0.2, 0.25) is 5.02 Å². The van der Waals surface area contributed by atoms with Gasteiger partial charge >= 0.3 is 6.18 Å². The van der Waals surface area contributed by atoms with E-state index in [-0.39, 0.29) is 28.4 Å². The van der Waals surface area contributed by atoms with Crippen molar-refractivity contribution in [3.8, 4) is 0 Å². The standard InChI is InChI=1S/C16H13ClF3N3O/c17-12-5-1-9(16(18,19)20)7-14(12)22-11-4-6-13(21-8-11)15(24)23-10-2-3-10/h1,4-8,10,22H,2-3H2,(H,23,24). The van der Waals surface area contributed by atoms with Crippen molar-refractivity contribution in [2.75, 3.05) is 5.32 Å². The molecule has 1 aromatic carbocycles. The van der Waals surface area contributed by atoms with Crippen LogP contribution in [0.3, 0.4) is 0 Å². The van der Waals surface area contributed by atoms with Crippen LogP contribution < -0.4 is 10.6 Å². The number of hydrogen-bond acceptors (Lipinski definition) is 3. The summed E-state index contributed by atoms with van der Waals surface area (Å²) >= 11 is 5.93. The first-order valence-electron chi connectivity index (χ1n) is 7.23. The van der Waals surface area contributed by atoms with E-state index in [0.29, 0.717) is 5.69 Å². The molecule has 1 heterocycles. The second kappa shape index (κ2) is 6.32. The van der Waals surface area contributed by atoms with Gasteiger partial charge in [0.25, 0.3) is 5.91 Å². The lowest BCUT2D eigenvalue weighted by molar-refractivity contribution is -0.137. The number of benzene rings is 1. The zero-order valence-electron chi connectivity index (χ0n) is 12.3. The van der Waals surface area contributed by atoms with Gasteiger partial charge in [-0.2, -0.15) is 13.2 Å². The summed E-state index contributed by atoms with van der Waals surface area (Å²) in [5.74, 6) is -0.263. The summed E-state index contributed by atoms with van der Waals surface area (Å²) in [6.07, 6.45) is -1.14. The predicted molar refractivity (Wildman–Crippen MR) is 84.5 cm³/mol. The molecule has 0 atom stereocenters. The minimum Gasteiger partial charge on any atom is -0.353 e. The van der Waals surface area contributed by atoms with Crippen LogP contribution in [-0.2, 0) is 6.18 Å². The third-order valence-corrected chi connectivity index (χ3v) is 3.81. The Bertz CT molecular complexity index is 758. The molecule has 2 N–H and O–H groups in total. The topological polar surface area (TPSA) is 54.0 Å². The molecule has 1 fully saturated rings. The van der Waals surface area contributed by atoms with Gasteiger partial charge < -0.3 is 10.6 Å². The molecule has 1 aliphatic carbocycles. The van der Waals surface area contributed by atoms with Crippen molar-refractivity contribution in [3.63, 3.8) is 0 Å². The number of rotatable bonds is 4. The molecule has 1 aliphatic rings. The Balaban J connectivity index is 1.75. The maximum absolute atomic E-state index is 12.8.